The first-order valence-electron chi connectivity index (χ1n) is 8.29. The highest BCUT2D eigenvalue weighted by atomic mass is 16.5. The van der Waals surface area contributed by atoms with Crippen molar-refractivity contribution in [3.8, 4) is 17.9 Å². The van der Waals surface area contributed by atoms with Crippen LogP contribution in [0.3, 0.4) is 0 Å². The lowest BCUT2D eigenvalue weighted by atomic mass is 9.99. The van der Waals surface area contributed by atoms with E-state index in [0.29, 0.717) is 22.8 Å². The first-order chi connectivity index (χ1) is 12.2. The third-order valence-corrected chi connectivity index (χ3v) is 4.38. The van der Waals surface area contributed by atoms with Crippen molar-refractivity contribution in [2.75, 3.05) is 0 Å². The molecule has 1 heterocycles. The largest absolute Gasteiger partial charge is 0.487 e. The summed E-state index contributed by atoms with van der Waals surface area (Å²) in [6, 6.07) is 11.5. The van der Waals surface area contributed by atoms with Gasteiger partial charge in [-0.3, -0.25) is 4.98 Å². The minimum atomic E-state index is -0.187. The van der Waals surface area contributed by atoms with Crippen LogP contribution < -0.4 is 4.74 Å². The second-order valence-electron chi connectivity index (χ2n) is 6.24. The Kier molecular flexibility index (Phi) is 4.97. The van der Waals surface area contributed by atoms with Crippen molar-refractivity contribution in [1.82, 2.24) is 4.98 Å². The highest BCUT2D eigenvalue weighted by Gasteiger charge is 2.30. The molecule has 1 aliphatic rings. The lowest BCUT2D eigenvalue weighted by Gasteiger charge is -2.18. The van der Waals surface area contributed by atoms with Gasteiger partial charge < -0.3 is 9.84 Å². The van der Waals surface area contributed by atoms with Gasteiger partial charge in [-0.15, -0.1) is 0 Å². The molecule has 0 bridgehead atoms. The SMILES string of the molecule is Cc1nc(C2CC2)c(CC#N)c(CO)c1OCc1cccc(C#N)c1. The van der Waals surface area contributed by atoms with Gasteiger partial charge in [-0.1, -0.05) is 12.1 Å². The van der Waals surface area contributed by atoms with Crippen molar-refractivity contribution >= 4 is 0 Å². The van der Waals surface area contributed by atoms with Crippen molar-refractivity contribution in [3.05, 3.63) is 57.9 Å². The fourth-order valence-electron chi connectivity index (χ4n) is 3.02. The Labute approximate surface area is 147 Å². The monoisotopic (exact) mass is 333 g/mol. The summed E-state index contributed by atoms with van der Waals surface area (Å²) in [6.45, 7) is 1.95. The highest BCUT2D eigenvalue weighted by molar-refractivity contribution is 5.48. The van der Waals surface area contributed by atoms with E-state index in [1.807, 2.05) is 19.1 Å². The second-order valence-corrected chi connectivity index (χ2v) is 6.24. The maximum absolute atomic E-state index is 9.90. The summed E-state index contributed by atoms with van der Waals surface area (Å²) in [5, 5.41) is 28.1. The van der Waals surface area contributed by atoms with Crippen molar-refractivity contribution in [2.45, 2.75) is 45.3 Å². The van der Waals surface area contributed by atoms with Gasteiger partial charge in [0.15, 0.2) is 0 Å². The Balaban J connectivity index is 1.93. The fourth-order valence-corrected chi connectivity index (χ4v) is 3.02. The quantitative estimate of drug-likeness (QED) is 0.876. The molecule has 0 aliphatic heterocycles. The zero-order chi connectivity index (χ0) is 17.8. The summed E-state index contributed by atoms with van der Waals surface area (Å²) in [6.07, 6.45) is 2.38. The number of aliphatic hydroxyl groups excluding tert-OH is 1. The number of aromatic nitrogens is 1. The van der Waals surface area contributed by atoms with Crippen LogP contribution in [0, 0.1) is 29.6 Å². The summed E-state index contributed by atoms with van der Waals surface area (Å²) in [5.74, 6) is 0.938. The van der Waals surface area contributed by atoms with Gasteiger partial charge in [0.2, 0.25) is 0 Å². The number of ether oxygens (including phenoxy) is 1. The number of nitriles is 2. The normalized spacial score (nSPS) is 13.1. The number of rotatable bonds is 6. The Hall–Kier alpha value is -2.89. The summed E-state index contributed by atoms with van der Waals surface area (Å²) < 4.78 is 5.95. The number of benzene rings is 1. The number of aliphatic hydroxyl groups is 1. The van der Waals surface area contributed by atoms with Gasteiger partial charge in [0.05, 0.1) is 36.4 Å². The maximum Gasteiger partial charge on any atom is 0.146 e. The molecule has 5 nitrogen and oxygen atoms in total. The molecular weight excluding hydrogens is 314 g/mol. The number of hydrogen-bond donors (Lipinski definition) is 1. The van der Waals surface area contributed by atoms with Crippen LogP contribution in [0.1, 0.15) is 52.4 Å². The van der Waals surface area contributed by atoms with Crippen LogP contribution in [0.25, 0.3) is 0 Å². The van der Waals surface area contributed by atoms with Gasteiger partial charge in [0.25, 0.3) is 0 Å². The Bertz CT molecular complexity index is 874. The van der Waals surface area contributed by atoms with E-state index in [1.165, 1.54) is 0 Å². The van der Waals surface area contributed by atoms with E-state index in [2.05, 4.69) is 17.1 Å². The number of pyridine rings is 1. The zero-order valence-corrected chi connectivity index (χ0v) is 14.1. The van der Waals surface area contributed by atoms with Crippen molar-refractivity contribution in [3.63, 3.8) is 0 Å². The zero-order valence-electron chi connectivity index (χ0n) is 14.1. The van der Waals surface area contributed by atoms with E-state index in [9.17, 15) is 5.11 Å². The molecule has 0 radical (unpaired) electrons. The van der Waals surface area contributed by atoms with Crippen molar-refractivity contribution < 1.29 is 9.84 Å². The third kappa shape index (κ3) is 3.63. The molecule has 2 aromatic rings. The number of aryl methyl sites for hydroxylation is 1. The molecule has 0 atom stereocenters. The topological polar surface area (TPSA) is 89.9 Å². The van der Waals surface area contributed by atoms with Crippen molar-refractivity contribution in [2.24, 2.45) is 0 Å². The molecular formula is C20H19N3O2. The standard InChI is InChI=1S/C20H19N3O2/c1-13-20(25-12-15-4-2-3-14(9-15)10-22)18(11-24)17(7-8-21)19(23-13)16-5-6-16/h2-4,9,16,24H,5-7,11-12H2,1H3. The van der Waals surface area contributed by atoms with Gasteiger partial charge in [0, 0.05) is 17.2 Å². The van der Waals surface area contributed by atoms with Crippen molar-refractivity contribution in [1.29, 1.82) is 10.5 Å². The van der Waals surface area contributed by atoms with E-state index in [1.54, 1.807) is 12.1 Å². The molecule has 126 valence electrons. The molecule has 0 saturated heterocycles. The minimum Gasteiger partial charge on any atom is -0.487 e. The molecule has 1 aliphatic carbocycles. The van der Waals surface area contributed by atoms with Gasteiger partial charge in [0.1, 0.15) is 12.4 Å². The highest BCUT2D eigenvalue weighted by Crippen LogP contribution is 2.43. The molecule has 25 heavy (non-hydrogen) atoms. The third-order valence-electron chi connectivity index (χ3n) is 4.38. The summed E-state index contributed by atoms with van der Waals surface area (Å²) in [4.78, 5) is 4.67. The first kappa shape index (κ1) is 17.0. The van der Waals surface area contributed by atoms with Crippen LogP contribution in [0.2, 0.25) is 0 Å². The summed E-state index contributed by atoms with van der Waals surface area (Å²) in [7, 11) is 0. The second kappa shape index (κ2) is 7.34. The van der Waals surface area contributed by atoms with Gasteiger partial charge in [-0.2, -0.15) is 10.5 Å². The molecule has 1 fully saturated rings. The van der Waals surface area contributed by atoms with Crippen LogP contribution in [0.15, 0.2) is 24.3 Å². The Morgan fingerprint density at radius 2 is 2.08 bits per heavy atom. The molecule has 0 unspecified atom stereocenters. The van der Waals surface area contributed by atoms with E-state index in [0.717, 1.165) is 35.4 Å². The summed E-state index contributed by atoms with van der Waals surface area (Å²) >= 11 is 0. The molecule has 3 rings (SSSR count). The van der Waals surface area contributed by atoms with Crippen LogP contribution in [-0.2, 0) is 19.6 Å². The van der Waals surface area contributed by atoms with E-state index >= 15 is 0 Å². The predicted octanol–water partition coefficient (Wildman–Crippen LogP) is 3.28. The lowest BCUT2D eigenvalue weighted by Crippen LogP contribution is -2.09. The van der Waals surface area contributed by atoms with Crippen LogP contribution in [-0.4, -0.2) is 10.1 Å². The molecule has 0 amide bonds. The maximum atomic E-state index is 9.90. The van der Waals surface area contributed by atoms with Gasteiger partial charge in [-0.05, 0) is 43.0 Å². The van der Waals surface area contributed by atoms with E-state index in [4.69, 9.17) is 15.3 Å². The average molecular weight is 333 g/mol. The molecule has 1 N–H and O–H groups in total. The Morgan fingerprint density at radius 1 is 1.28 bits per heavy atom. The predicted molar refractivity (Wildman–Crippen MR) is 91.7 cm³/mol. The molecule has 5 heteroatoms. The molecule has 1 aromatic carbocycles. The van der Waals surface area contributed by atoms with Crippen LogP contribution in [0.4, 0.5) is 0 Å². The fraction of sp³-hybridized carbons (Fsp3) is 0.350. The molecule has 1 saturated carbocycles. The molecule has 0 spiro atoms. The number of nitrogens with zero attached hydrogens (tertiary/aromatic N) is 3. The van der Waals surface area contributed by atoms with Gasteiger partial charge in [-0.25, -0.2) is 0 Å². The number of hydrogen-bond acceptors (Lipinski definition) is 5. The Morgan fingerprint density at radius 3 is 2.72 bits per heavy atom. The van der Waals surface area contributed by atoms with E-state index in [-0.39, 0.29) is 19.6 Å². The lowest BCUT2D eigenvalue weighted by molar-refractivity contribution is 0.255. The minimum absolute atomic E-state index is 0.187. The molecule has 1 aromatic heterocycles. The van der Waals surface area contributed by atoms with Gasteiger partial charge >= 0.3 is 0 Å². The van der Waals surface area contributed by atoms with E-state index < -0.39 is 0 Å². The first-order valence-corrected chi connectivity index (χ1v) is 8.29. The summed E-state index contributed by atoms with van der Waals surface area (Å²) in [5.41, 5.74) is 4.57. The van der Waals surface area contributed by atoms with Crippen LogP contribution in [0.5, 0.6) is 5.75 Å². The average Bonchev–Trinajstić information content (AvgIpc) is 3.46. The smallest absolute Gasteiger partial charge is 0.146 e. The van der Waals surface area contributed by atoms with Crippen LogP contribution >= 0.6 is 0 Å².